The monoisotopic (exact) mass is 320 g/mol. The van der Waals surface area contributed by atoms with E-state index in [2.05, 4.69) is 27.0 Å². The number of benzene rings is 1. The molecular weight excluding hydrogens is 304 g/mol. The van der Waals surface area contributed by atoms with E-state index in [0.717, 1.165) is 32.5 Å². The average molecular weight is 321 g/mol. The summed E-state index contributed by atoms with van der Waals surface area (Å²) in [6.45, 7) is 4.07. The molecule has 1 unspecified atom stereocenters. The van der Waals surface area contributed by atoms with Crippen LogP contribution in [0.4, 0.5) is 0 Å². The average Bonchev–Trinajstić information content (AvgIpc) is 2.40. The molecule has 100 valence electrons. The van der Waals surface area contributed by atoms with Crippen LogP contribution < -0.4 is 10.5 Å². The predicted octanol–water partition coefficient (Wildman–Crippen LogP) is 3.52. The number of methoxy groups -OCH3 is 1. The molecule has 0 aliphatic rings. The summed E-state index contributed by atoms with van der Waals surface area (Å²) in [5, 5.41) is 0. The van der Waals surface area contributed by atoms with Crippen LogP contribution in [0, 0.1) is 13.8 Å². The van der Waals surface area contributed by atoms with Crippen molar-refractivity contribution in [2.75, 3.05) is 7.11 Å². The molecule has 0 aliphatic carbocycles. The van der Waals surface area contributed by atoms with E-state index in [0.29, 0.717) is 0 Å². The minimum absolute atomic E-state index is 0.186. The molecule has 0 spiro atoms. The van der Waals surface area contributed by atoms with Crippen LogP contribution in [0.5, 0.6) is 5.75 Å². The van der Waals surface area contributed by atoms with E-state index in [9.17, 15) is 0 Å². The number of hydrogen-bond donors (Lipinski definition) is 1. The second kappa shape index (κ2) is 5.72. The summed E-state index contributed by atoms with van der Waals surface area (Å²) >= 11 is 3.42. The van der Waals surface area contributed by atoms with Crippen LogP contribution in [0.2, 0.25) is 0 Å². The molecule has 0 saturated heterocycles. The summed E-state index contributed by atoms with van der Waals surface area (Å²) in [4.78, 5) is 4.17. The van der Waals surface area contributed by atoms with Gasteiger partial charge in [0, 0.05) is 16.9 Å². The van der Waals surface area contributed by atoms with Gasteiger partial charge in [-0.15, -0.1) is 0 Å². The maximum atomic E-state index is 6.34. The summed E-state index contributed by atoms with van der Waals surface area (Å²) in [7, 11) is 1.68. The van der Waals surface area contributed by atoms with Gasteiger partial charge in [-0.3, -0.25) is 4.98 Å². The second-order valence-electron chi connectivity index (χ2n) is 4.59. The maximum Gasteiger partial charge on any atom is 0.122 e. The normalized spacial score (nSPS) is 12.3. The van der Waals surface area contributed by atoms with E-state index in [1.165, 1.54) is 0 Å². The van der Waals surface area contributed by atoms with E-state index in [1.54, 1.807) is 19.5 Å². The molecule has 1 aromatic heterocycles. The van der Waals surface area contributed by atoms with Gasteiger partial charge in [0.15, 0.2) is 0 Å². The fourth-order valence-corrected chi connectivity index (χ4v) is 2.53. The zero-order valence-corrected chi connectivity index (χ0v) is 12.9. The van der Waals surface area contributed by atoms with Gasteiger partial charge in [-0.1, -0.05) is 6.07 Å². The molecule has 0 radical (unpaired) electrons. The van der Waals surface area contributed by atoms with Crippen LogP contribution in [0.15, 0.2) is 35.1 Å². The summed E-state index contributed by atoms with van der Waals surface area (Å²) < 4.78 is 6.26. The molecular formula is C15H17BrN2O. The largest absolute Gasteiger partial charge is 0.496 e. The summed E-state index contributed by atoms with van der Waals surface area (Å²) in [5.74, 6) is 0.890. The Morgan fingerprint density at radius 2 is 1.89 bits per heavy atom. The van der Waals surface area contributed by atoms with Crippen LogP contribution in [0.25, 0.3) is 0 Å². The van der Waals surface area contributed by atoms with Gasteiger partial charge in [-0.2, -0.15) is 0 Å². The first-order valence-corrected chi connectivity index (χ1v) is 6.83. The lowest BCUT2D eigenvalue weighted by molar-refractivity contribution is 0.411. The van der Waals surface area contributed by atoms with Crippen molar-refractivity contribution in [1.82, 2.24) is 4.98 Å². The number of hydrogen-bond acceptors (Lipinski definition) is 3. The van der Waals surface area contributed by atoms with Crippen molar-refractivity contribution in [3.63, 3.8) is 0 Å². The lowest BCUT2D eigenvalue weighted by atomic mass is 9.95. The molecule has 1 heterocycles. The van der Waals surface area contributed by atoms with Gasteiger partial charge in [-0.05, 0) is 64.2 Å². The number of ether oxygens (including phenoxy) is 1. The highest BCUT2D eigenvalue weighted by Crippen LogP contribution is 2.29. The summed E-state index contributed by atoms with van der Waals surface area (Å²) in [6, 6.07) is 5.92. The molecule has 2 aromatic rings. The molecule has 0 aliphatic heterocycles. The van der Waals surface area contributed by atoms with Crippen molar-refractivity contribution in [3.05, 3.63) is 57.3 Å². The Balaban J connectivity index is 2.44. The summed E-state index contributed by atoms with van der Waals surface area (Å²) in [6.07, 6.45) is 3.55. The Bertz CT molecular complexity index is 599. The zero-order chi connectivity index (χ0) is 14.0. The molecule has 0 amide bonds. The Hall–Kier alpha value is -1.39. The number of rotatable bonds is 3. The highest BCUT2D eigenvalue weighted by atomic mass is 79.9. The third-order valence-corrected chi connectivity index (χ3v) is 3.64. The minimum atomic E-state index is -0.186. The number of aryl methyl sites for hydroxylation is 2. The first-order valence-electron chi connectivity index (χ1n) is 6.04. The van der Waals surface area contributed by atoms with Crippen molar-refractivity contribution >= 4 is 15.9 Å². The Morgan fingerprint density at radius 3 is 2.53 bits per heavy atom. The quantitative estimate of drug-likeness (QED) is 0.941. The first kappa shape index (κ1) is 14.0. The van der Waals surface area contributed by atoms with E-state index < -0.39 is 0 Å². The van der Waals surface area contributed by atoms with Gasteiger partial charge in [0.1, 0.15) is 5.75 Å². The molecule has 0 saturated carbocycles. The minimum Gasteiger partial charge on any atom is -0.496 e. The molecule has 3 nitrogen and oxygen atoms in total. The standard InChI is InChI=1S/C15H17BrN2O/c1-9-5-14(19-3)10(2)4-13(9)15(17)11-6-12(16)8-18-7-11/h4-8,15H,17H2,1-3H3. The highest BCUT2D eigenvalue weighted by molar-refractivity contribution is 9.10. The number of aromatic nitrogens is 1. The molecule has 0 fully saturated rings. The number of halogens is 1. The summed E-state index contributed by atoms with van der Waals surface area (Å²) in [5.41, 5.74) is 10.6. The third kappa shape index (κ3) is 2.96. The van der Waals surface area contributed by atoms with E-state index in [4.69, 9.17) is 10.5 Å². The SMILES string of the molecule is COc1cc(C)c(C(N)c2cncc(Br)c2)cc1C. The van der Waals surface area contributed by atoms with Gasteiger partial charge in [0.25, 0.3) is 0 Å². The molecule has 1 aromatic carbocycles. The van der Waals surface area contributed by atoms with Crippen molar-refractivity contribution in [2.45, 2.75) is 19.9 Å². The topological polar surface area (TPSA) is 48.1 Å². The highest BCUT2D eigenvalue weighted by Gasteiger charge is 2.14. The molecule has 0 bridgehead atoms. The van der Waals surface area contributed by atoms with Crippen molar-refractivity contribution in [2.24, 2.45) is 5.73 Å². The van der Waals surface area contributed by atoms with Crippen LogP contribution >= 0.6 is 15.9 Å². The number of nitrogens with zero attached hydrogens (tertiary/aromatic N) is 1. The maximum absolute atomic E-state index is 6.34. The van der Waals surface area contributed by atoms with Crippen LogP contribution in [0.1, 0.15) is 28.3 Å². The van der Waals surface area contributed by atoms with Gasteiger partial charge in [-0.25, -0.2) is 0 Å². The lowest BCUT2D eigenvalue weighted by Gasteiger charge is -2.17. The Kier molecular flexibility index (Phi) is 4.22. The fraction of sp³-hybridized carbons (Fsp3) is 0.267. The Morgan fingerprint density at radius 1 is 1.16 bits per heavy atom. The van der Waals surface area contributed by atoms with Gasteiger partial charge in [0.2, 0.25) is 0 Å². The van der Waals surface area contributed by atoms with Crippen LogP contribution in [0.3, 0.4) is 0 Å². The number of nitrogens with two attached hydrogens (primary N) is 1. The van der Waals surface area contributed by atoms with Crippen LogP contribution in [-0.4, -0.2) is 12.1 Å². The van der Waals surface area contributed by atoms with E-state index in [1.807, 2.05) is 26.0 Å². The smallest absolute Gasteiger partial charge is 0.122 e. The molecule has 4 heteroatoms. The fourth-order valence-electron chi connectivity index (χ4n) is 2.14. The van der Waals surface area contributed by atoms with Crippen molar-refractivity contribution in [1.29, 1.82) is 0 Å². The van der Waals surface area contributed by atoms with Crippen molar-refractivity contribution < 1.29 is 4.74 Å². The van der Waals surface area contributed by atoms with Crippen LogP contribution in [-0.2, 0) is 0 Å². The lowest BCUT2D eigenvalue weighted by Crippen LogP contribution is -2.14. The molecule has 1 atom stereocenters. The van der Waals surface area contributed by atoms with E-state index in [-0.39, 0.29) is 6.04 Å². The Labute approximate surface area is 121 Å². The third-order valence-electron chi connectivity index (χ3n) is 3.20. The predicted molar refractivity (Wildman–Crippen MR) is 80.4 cm³/mol. The van der Waals surface area contributed by atoms with Gasteiger partial charge >= 0.3 is 0 Å². The van der Waals surface area contributed by atoms with E-state index >= 15 is 0 Å². The molecule has 2 rings (SSSR count). The first-order chi connectivity index (χ1) is 9.02. The molecule has 2 N–H and O–H groups in total. The molecule has 19 heavy (non-hydrogen) atoms. The van der Waals surface area contributed by atoms with Gasteiger partial charge in [0.05, 0.1) is 13.2 Å². The second-order valence-corrected chi connectivity index (χ2v) is 5.51. The van der Waals surface area contributed by atoms with Gasteiger partial charge < -0.3 is 10.5 Å². The zero-order valence-electron chi connectivity index (χ0n) is 11.3. The van der Waals surface area contributed by atoms with Crippen molar-refractivity contribution in [3.8, 4) is 5.75 Å². The number of pyridine rings is 1.